The van der Waals surface area contributed by atoms with Gasteiger partial charge in [-0.3, -0.25) is 0 Å². The van der Waals surface area contributed by atoms with Gasteiger partial charge in [0.05, 0.1) is 5.03 Å². The van der Waals surface area contributed by atoms with Gasteiger partial charge in [0.25, 0.3) is 0 Å². The van der Waals surface area contributed by atoms with Crippen LogP contribution in [0.2, 0.25) is 0 Å². The van der Waals surface area contributed by atoms with Crippen molar-refractivity contribution in [3.05, 3.63) is 29.8 Å². The summed E-state index contributed by atoms with van der Waals surface area (Å²) in [6, 6.07) is 8.81. The molecular weight excluding hydrogens is 352 g/mol. The first-order chi connectivity index (χ1) is 12.6. The number of hydrogen-bond acceptors (Lipinski definition) is 4. The average Bonchev–Trinajstić information content (AvgIpc) is 3.02. The Morgan fingerprint density at radius 2 is 1.81 bits per heavy atom. The molecule has 1 aromatic carbocycles. The zero-order valence-corrected chi connectivity index (χ0v) is 15.4. The number of fused-ring (bicyclic) bond motifs is 3. The molecule has 0 aliphatic carbocycles. The molecule has 0 saturated carbocycles. The Balaban J connectivity index is 0.000000286. The minimum absolute atomic E-state index is 0.723. The van der Waals surface area contributed by atoms with Gasteiger partial charge in [0.2, 0.25) is 0 Å². The van der Waals surface area contributed by atoms with E-state index in [1.165, 1.54) is 67.0 Å². The number of aromatic amines is 1. The van der Waals surface area contributed by atoms with Gasteiger partial charge in [-0.15, -0.1) is 11.8 Å². The molecule has 140 valence electrons. The van der Waals surface area contributed by atoms with Crippen molar-refractivity contribution < 1.29 is 19.8 Å². The summed E-state index contributed by atoms with van der Waals surface area (Å²) in [5, 5.41) is 17.7. The number of hydrogen-bond donors (Lipinski definition) is 3. The van der Waals surface area contributed by atoms with E-state index in [9.17, 15) is 0 Å². The highest BCUT2D eigenvalue weighted by Crippen LogP contribution is 2.42. The summed E-state index contributed by atoms with van der Waals surface area (Å²) >= 11 is 2.01. The number of nitrogens with zero attached hydrogens (tertiary/aromatic N) is 1. The van der Waals surface area contributed by atoms with Gasteiger partial charge in [-0.1, -0.05) is 24.6 Å². The van der Waals surface area contributed by atoms with Crippen molar-refractivity contribution in [2.45, 2.75) is 36.6 Å². The van der Waals surface area contributed by atoms with Crippen molar-refractivity contribution in [1.82, 2.24) is 9.88 Å². The van der Waals surface area contributed by atoms with E-state index < -0.39 is 11.9 Å². The van der Waals surface area contributed by atoms with Crippen molar-refractivity contribution in [3.8, 4) is 0 Å². The second-order valence-corrected chi connectivity index (χ2v) is 7.82. The molecule has 1 fully saturated rings. The third-order valence-electron chi connectivity index (χ3n) is 4.94. The molecule has 7 heteroatoms. The van der Waals surface area contributed by atoms with Gasteiger partial charge < -0.3 is 20.1 Å². The number of rotatable bonds is 2. The molecule has 4 rings (SSSR count). The molecule has 1 atom stereocenters. The molecule has 0 spiro atoms. The Morgan fingerprint density at radius 3 is 2.50 bits per heavy atom. The molecule has 0 amide bonds. The van der Waals surface area contributed by atoms with Crippen LogP contribution in [-0.2, 0) is 9.59 Å². The molecule has 1 unspecified atom stereocenters. The number of H-pyrrole nitrogens is 1. The quantitative estimate of drug-likeness (QED) is 0.696. The number of aliphatic carboxylic acids is 2. The van der Waals surface area contributed by atoms with Crippen LogP contribution in [0.15, 0.2) is 29.3 Å². The number of nitrogens with one attached hydrogen (secondary N) is 1. The summed E-state index contributed by atoms with van der Waals surface area (Å²) in [5.74, 6) is -1.66. The van der Waals surface area contributed by atoms with Crippen LogP contribution in [0, 0.1) is 0 Å². The predicted octanol–water partition coefficient (Wildman–Crippen LogP) is 3.39. The molecule has 26 heavy (non-hydrogen) atoms. The Morgan fingerprint density at radius 1 is 1.12 bits per heavy atom. The highest BCUT2D eigenvalue weighted by molar-refractivity contribution is 7.99. The first kappa shape index (κ1) is 18.8. The minimum atomic E-state index is -1.82. The van der Waals surface area contributed by atoms with Crippen LogP contribution in [0.5, 0.6) is 0 Å². The Labute approximate surface area is 156 Å². The van der Waals surface area contributed by atoms with Gasteiger partial charge >= 0.3 is 11.9 Å². The van der Waals surface area contributed by atoms with Gasteiger partial charge in [0.15, 0.2) is 0 Å². The smallest absolute Gasteiger partial charge is 0.414 e. The molecule has 2 aliphatic rings. The van der Waals surface area contributed by atoms with Crippen LogP contribution < -0.4 is 0 Å². The number of carboxylic acids is 2. The summed E-state index contributed by atoms with van der Waals surface area (Å²) in [6.45, 7) is 3.87. The molecule has 0 bridgehead atoms. The zero-order chi connectivity index (χ0) is 18.5. The molecular formula is C19H24N2O4S. The third-order valence-corrected chi connectivity index (χ3v) is 5.99. The number of carbonyl (C=O) groups is 2. The number of para-hydroxylation sites is 1. The van der Waals surface area contributed by atoms with Gasteiger partial charge in [0.1, 0.15) is 0 Å². The van der Waals surface area contributed by atoms with Crippen LogP contribution in [0.1, 0.15) is 37.2 Å². The Bertz CT molecular complexity index is 771. The maximum atomic E-state index is 9.10. The molecule has 3 N–H and O–H groups in total. The summed E-state index contributed by atoms with van der Waals surface area (Å²) in [4.78, 5) is 24.5. The third kappa shape index (κ3) is 4.40. The van der Waals surface area contributed by atoms with E-state index in [-0.39, 0.29) is 0 Å². The first-order valence-electron chi connectivity index (χ1n) is 8.98. The van der Waals surface area contributed by atoms with Gasteiger partial charge in [-0.25, -0.2) is 9.59 Å². The highest BCUT2D eigenvalue weighted by atomic mass is 32.2. The molecule has 6 nitrogen and oxygen atoms in total. The maximum Gasteiger partial charge on any atom is 0.414 e. The lowest BCUT2D eigenvalue weighted by atomic mass is 9.94. The molecule has 2 aliphatic heterocycles. The SMILES string of the molecule is O=C(O)C(=O)O.c1ccc2c3c([nH]c2c1)SCCC3CN1CCCCC1. The monoisotopic (exact) mass is 376 g/mol. The molecule has 1 aromatic heterocycles. The van der Waals surface area contributed by atoms with Gasteiger partial charge in [-0.2, -0.15) is 0 Å². The number of aromatic nitrogens is 1. The zero-order valence-electron chi connectivity index (χ0n) is 14.6. The van der Waals surface area contributed by atoms with E-state index in [4.69, 9.17) is 19.8 Å². The van der Waals surface area contributed by atoms with Crippen LogP contribution in [-0.4, -0.2) is 57.4 Å². The highest BCUT2D eigenvalue weighted by Gasteiger charge is 2.27. The van der Waals surface area contributed by atoms with Gasteiger partial charge in [0, 0.05) is 29.1 Å². The molecule has 3 heterocycles. The fourth-order valence-electron chi connectivity index (χ4n) is 3.74. The number of carboxylic acid groups (broad SMARTS) is 2. The molecule has 0 radical (unpaired) electrons. The second kappa shape index (κ2) is 8.60. The Hall–Kier alpha value is -1.99. The van der Waals surface area contributed by atoms with E-state index in [0.29, 0.717) is 0 Å². The standard InChI is InChI=1S/C17H22N2S.C2H2O4/c1-4-9-19(10-5-1)12-13-8-11-20-17-16(13)14-6-2-3-7-15(14)18-17;3-1(4)2(5)6/h2-3,6-7,13,18H,1,4-5,8-12H2;(H,3,4)(H,5,6). The van der Waals surface area contributed by atoms with E-state index in [1.807, 2.05) is 11.8 Å². The average molecular weight is 376 g/mol. The van der Waals surface area contributed by atoms with Crippen LogP contribution in [0.3, 0.4) is 0 Å². The van der Waals surface area contributed by atoms with Crippen LogP contribution in [0.25, 0.3) is 10.9 Å². The van der Waals surface area contributed by atoms with E-state index >= 15 is 0 Å². The lowest BCUT2D eigenvalue weighted by Gasteiger charge is -2.32. The predicted molar refractivity (Wildman–Crippen MR) is 102 cm³/mol. The largest absolute Gasteiger partial charge is 0.473 e. The fourth-order valence-corrected chi connectivity index (χ4v) is 4.96. The summed E-state index contributed by atoms with van der Waals surface area (Å²) in [7, 11) is 0. The number of likely N-dealkylation sites (tertiary alicyclic amines) is 1. The summed E-state index contributed by atoms with van der Waals surface area (Å²) in [6.07, 6.45) is 5.54. The van der Waals surface area contributed by atoms with E-state index in [1.54, 1.807) is 5.56 Å². The summed E-state index contributed by atoms with van der Waals surface area (Å²) in [5.41, 5.74) is 2.91. The molecule has 2 aromatic rings. The Kier molecular flexibility index (Phi) is 6.21. The van der Waals surface area contributed by atoms with Crippen molar-refractivity contribution >= 4 is 34.6 Å². The van der Waals surface area contributed by atoms with Crippen LogP contribution >= 0.6 is 11.8 Å². The van der Waals surface area contributed by atoms with Crippen molar-refractivity contribution in [1.29, 1.82) is 0 Å². The van der Waals surface area contributed by atoms with Crippen molar-refractivity contribution in [2.24, 2.45) is 0 Å². The normalized spacial score (nSPS) is 20.1. The number of piperidine rings is 1. The van der Waals surface area contributed by atoms with Crippen molar-refractivity contribution in [2.75, 3.05) is 25.4 Å². The maximum absolute atomic E-state index is 9.10. The van der Waals surface area contributed by atoms with E-state index in [0.717, 1.165) is 5.92 Å². The topological polar surface area (TPSA) is 93.6 Å². The fraction of sp³-hybridized carbons (Fsp3) is 0.474. The lowest BCUT2D eigenvalue weighted by molar-refractivity contribution is -0.159. The van der Waals surface area contributed by atoms with Gasteiger partial charge in [-0.05, 0) is 44.0 Å². The number of thioether (sulfide) groups is 1. The van der Waals surface area contributed by atoms with E-state index in [2.05, 4.69) is 34.1 Å². The summed E-state index contributed by atoms with van der Waals surface area (Å²) < 4.78 is 0. The first-order valence-corrected chi connectivity index (χ1v) is 9.97. The number of benzene rings is 1. The minimum Gasteiger partial charge on any atom is -0.473 e. The van der Waals surface area contributed by atoms with Crippen molar-refractivity contribution in [3.63, 3.8) is 0 Å². The molecule has 1 saturated heterocycles. The van der Waals surface area contributed by atoms with Crippen LogP contribution in [0.4, 0.5) is 0 Å². The second-order valence-electron chi connectivity index (χ2n) is 6.72. The lowest BCUT2D eigenvalue weighted by Crippen LogP contribution is -2.34.